The van der Waals surface area contributed by atoms with Crippen molar-refractivity contribution in [3.8, 4) is 5.75 Å². The van der Waals surface area contributed by atoms with Crippen LogP contribution in [0.5, 0.6) is 5.75 Å². The van der Waals surface area contributed by atoms with Gasteiger partial charge in [0.2, 0.25) is 0 Å². The van der Waals surface area contributed by atoms with E-state index in [1.165, 1.54) is 0 Å². The quantitative estimate of drug-likeness (QED) is 0.666. The molecule has 1 aromatic carbocycles. The van der Waals surface area contributed by atoms with Crippen molar-refractivity contribution >= 4 is 43.0 Å². The van der Waals surface area contributed by atoms with Crippen LogP contribution in [0.4, 0.5) is 0 Å². The maximum absolute atomic E-state index is 12.8. The first-order chi connectivity index (χ1) is 12.3. The average Bonchev–Trinajstić information content (AvgIpc) is 3.16. The summed E-state index contributed by atoms with van der Waals surface area (Å²) in [5.41, 5.74) is 1.11. The van der Waals surface area contributed by atoms with E-state index in [4.69, 9.17) is 4.74 Å². The lowest BCUT2D eigenvalue weighted by Crippen LogP contribution is -2.43. The molecule has 1 aliphatic rings. The first kappa shape index (κ1) is 19.4. The van der Waals surface area contributed by atoms with Gasteiger partial charge in [-0.2, -0.15) is 0 Å². The van der Waals surface area contributed by atoms with Crippen LogP contribution in [0.15, 0.2) is 40.2 Å². The number of sulfone groups is 1. The maximum Gasteiger partial charge on any atom is 0.261 e. The summed E-state index contributed by atoms with van der Waals surface area (Å²) in [6.07, 6.45) is 0.483. The molecule has 1 aliphatic heterocycles. The Hall–Kier alpha value is -1.38. The molecule has 8 heteroatoms. The second kappa shape index (κ2) is 8.10. The molecule has 0 radical (unpaired) electrons. The minimum atomic E-state index is -3.07. The Balaban J connectivity index is 1.72. The van der Waals surface area contributed by atoms with Gasteiger partial charge >= 0.3 is 0 Å². The highest BCUT2D eigenvalue weighted by atomic mass is 79.9. The summed E-state index contributed by atoms with van der Waals surface area (Å²) in [5.74, 6) is 0.579. The first-order valence-corrected chi connectivity index (χ1v) is 11.7. The van der Waals surface area contributed by atoms with E-state index < -0.39 is 9.84 Å². The van der Waals surface area contributed by atoms with Crippen molar-refractivity contribution in [3.05, 3.63) is 50.6 Å². The summed E-state index contributed by atoms with van der Waals surface area (Å²) in [6, 6.07) is 8.97. The normalized spacial score (nSPS) is 18.6. The zero-order chi connectivity index (χ0) is 18.7. The smallest absolute Gasteiger partial charge is 0.261 e. The SMILES string of the molecule is Cc1ccsc1CN(C(=O)COc1ccc(Br)cc1)[C@@H]1CCS(=O)(=O)C1. The molecule has 1 atom stereocenters. The molecule has 0 spiro atoms. The van der Waals surface area contributed by atoms with E-state index in [1.54, 1.807) is 28.4 Å². The van der Waals surface area contributed by atoms with Crippen molar-refractivity contribution < 1.29 is 17.9 Å². The molecule has 1 saturated heterocycles. The Morgan fingerprint density at radius 1 is 1.31 bits per heavy atom. The van der Waals surface area contributed by atoms with E-state index in [-0.39, 0.29) is 30.1 Å². The van der Waals surface area contributed by atoms with Crippen molar-refractivity contribution in [3.63, 3.8) is 0 Å². The molecule has 3 rings (SSSR count). The Morgan fingerprint density at radius 2 is 2.04 bits per heavy atom. The number of carbonyl (C=O) groups is 1. The minimum Gasteiger partial charge on any atom is -0.484 e. The van der Waals surface area contributed by atoms with E-state index in [1.807, 2.05) is 30.5 Å². The fraction of sp³-hybridized carbons (Fsp3) is 0.389. The number of nitrogens with zero attached hydrogens (tertiary/aromatic N) is 1. The van der Waals surface area contributed by atoms with E-state index in [9.17, 15) is 13.2 Å². The van der Waals surface area contributed by atoms with Gasteiger partial charge < -0.3 is 9.64 Å². The van der Waals surface area contributed by atoms with Gasteiger partial charge in [-0.15, -0.1) is 11.3 Å². The van der Waals surface area contributed by atoms with Gasteiger partial charge in [-0.25, -0.2) is 8.42 Å². The monoisotopic (exact) mass is 457 g/mol. The molecule has 5 nitrogen and oxygen atoms in total. The third-order valence-corrected chi connectivity index (χ3v) is 7.71. The van der Waals surface area contributed by atoms with E-state index >= 15 is 0 Å². The summed E-state index contributed by atoms with van der Waals surface area (Å²) < 4.78 is 30.3. The molecule has 0 saturated carbocycles. The summed E-state index contributed by atoms with van der Waals surface area (Å²) in [5, 5.41) is 1.98. The van der Waals surface area contributed by atoms with Crippen molar-refractivity contribution in [2.45, 2.75) is 25.9 Å². The number of amides is 1. The van der Waals surface area contributed by atoms with Gasteiger partial charge in [-0.1, -0.05) is 15.9 Å². The number of benzene rings is 1. The highest BCUT2D eigenvalue weighted by Crippen LogP contribution is 2.24. The molecule has 1 amide bonds. The van der Waals surface area contributed by atoms with Crippen LogP contribution in [-0.4, -0.2) is 43.4 Å². The summed E-state index contributed by atoms with van der Waals surface area (Å²) in [4.78, 5) is 15.6. The fourth-order valence-corrected chi connectivity index (χ4v) is 5.82. The van der Waals surface area contributed by atoms with Crippen LogP contribution in [0.25, 0.3) is 0 Å². The fourth-order valence-electron chi connectivity index (χ4n) is 2.92. The number of ether oxygens (including phenoxy) is 1. The van der Waals surface area contributed by atoms with Gasteiger partial charge in [0.15, 0.2) is 16.4 Å². The number of hydrogen-bond donors (Lipinski definition) is 0. The second-order valence-corrected chi connectivity index (χ2v) is 10.5. The predicted octanol–water partition coefficient (Wildman–Crippen LogP) is 3.41. The van der Waals surface area contributed by atoms with Gasteiger partial charge in [0.25, 0.3) is 5.91 Å². The number of halogens is 1. The topological polar surface area (TPSA) is 63.7 Å². The number of carbonyl (C=O) groups excluding carboxylic acids is 1. The standard InChI is InChI=1S/C18H20BrNO4S2/c1-13-6-8-25-17(13)10-20(15-7-9-26(22,23)12-15)18(21)11-24-16-4-2-14(19)3-5-16/h2-6,8,15H,7,9-12H2,1H3/t15-/m1/s1. The van der Waals surface area contributed by atoms with Crippen LogP contribution in [0, 0.1) is 6.92 Å². The van der Waals surface area contributed by atoms with Gasteiger partial charge in [0.1, 0.15) is 5.75 Å². The first-order valence-electron chi connectivity index (χ1n) is 8.25. The molecule has 2 aromatic rings. The second-order valence-electron chi connectivity index (χ2n) is 6.35. The van der Waals surface area contributed by atoms with Crippen LogP contribution in [0.2, 0.25) is 0 Å². The van der Waals surface area contributed by atoms with Gasteiger partial charge in [-0.05, 0) is 54.6 Å². The molecule has 0 N–H and O–H groups in total. The van der Waals surface area contributed by atoms with Crippen molar-refractivity contribution in [2.75, 3.05) is 18.1 Å². The Morgan fingerprint density at radius 3 is 2.62 bits per heavy atom. The molecule has 26 heavy (non-hydrogen) atoms. The lowest BCUT2D eigenvalue weighted by Gasteiger charge is -2.28. The highest BCUT2D eigenvalue weighted by Gasteiger charge is 2.35. The van der Waals surface area contributed by atoms with E-state index in [2.05, 4.69) is 15.9 Å². The molecule has 0 bridgehead atoms. The lowest BCUT2D eigenvalue weighted by molar-refractivity contribution is -0.135. The molecular weight excluding hydrogens is 438 g/mol. The Bertz CT molecular complexity index is 877. The van der Waals surface area contributed by atoms with Gasteiger partial charge in [0, 0.05) is 15.4 Å². The highest BCUT2D eigenvalue weighted by molar-refractivity contribution is 9.10. The molecule has 0 unspecified atom stereocenters. The summed E-state index contributed by atoms with van der Waals surface area (Å²) in [7, 11) is -3.07. The van der Waals surface area contributed by atoms with Crippen LogP contribution in [0.3, 0.4) is 0 Å². The zero-order valence-corrected chi connectivity index (χ0v) is 17.6. The minimum absolute atomic E-state index is 0.0292. The van der Waals surface area contributed by atoms with Crippen molar-refractivity contribution in [2.24, 2.45) is 0 Å². The number of aryl methyl sites for hydroxylation is 1. The third kappa shape index (κ3) is 4.86. The predicted molar refractivity (Wildman–Crippen MR) is 106 cm³/mol. The zero-order valence-electron chi connectivity index (χ0n) is 14.4. The van der Waals surface area contributed by atoms with Crippen LogP contribution >= 0.6 is 27.3 Å². The van der Waals surface area contributed by atoms with Crippen molar-refractivity contribution in [1.82, 2.24) is 4.90 Å². The maximum atomic E-state index is 12.8. The molecule has 140 valence electrons. The molecular formula is C18H20BrNO4S2. The third-order valence-electron chi connectivity index (χ3n) is 4.43. The van der Waals surface area contributed by atoms with Gasteiger partial charge in [0.05, 0.1) is 18.1 Å². The largest absolute Gasteiger partial charge is 0.484 e. The summed E-state index contributed by atoms with van der Waals surface area (Å²) in [6.45, 7) is 2.31. The van der Waals surface area contributed by atoms with Crippen molar-refractivity contribution in [1.29, 1.82) is 0 Å². The molecule has 2 heterocycles. The van der Waals surface area contributed by atoms with Gasteiger partial charge in [-0.3, -0.25) is 4.79 Å². The van der Waals surface area contributed by atoms with E-state index in [0.717, 1.165) is 14.9 Å². The lowest BCUT2D eigenvalue weighted by atomic mass is 10.2. The average molecular weight is 458 g/mol. The molecule has 0 aliphatic carbocycles. The van der Waals surface area contributed by atoms with E-state index in [0.29, 0.717) is 18.7 Å². The van der Waals surface area contributed by atoms with Crippen LogP contribution in [0.1, 0.15) is 16.9 Å². The number of thiophene rings is 1. The van der Waals surface area contributed by atoms with Crippen LogP contribution in [-0.2, 0) is 21.2 Å². The van der Waals surface area contributed by atoms with Crippen LogP contribution < -0.4 is 4.74 Å². The Labute approximate surface area is 166 Å². The Kier molecular flexibility index (Phi) is 6.04. The molecule has 1 aromatic heterocycles. The number of hydrogen-bond acceptors (Lipinski definition) is 5. The summed E-state index contributed by atoms with van der Waals surface area (Å²) >= 11 is 4.94. The molecule has 1 fully saturated rings. The number of rotatable bonds is 6.